The Morgan fingerprint density at radius 1 is 1.22 bits per heavy atom. The summed E-state index contributed by atoms with van der Waals surface area (Å²) >= 11 is 0. The fourth-order valence-corrected chi connectivity index (χ4v) is 1.36. The van der Waals surface area contributed by atoms with Crippen LogP contribution in [0, 0.1) is 0 Å². The Kier molecular flexibility index (Phi) is 4.59. The molecule has 0 spiro atoms. The fourth-order valence-electron chi connectivity index (χ4n) is 1.36. The fraction of sp³-hybridized carbons (Fsp3) is 0.273. The van der Waals surface area contributed by atoms with E-state index in [1.54, 1.807) is 31.2 Å². The Morgan fingerprint density at radius 3 is 2.22 bits per heavy atom. The summed E-state index contributed by atoms with van der Waals surface area (Å²) in [6, 6.07) is 5.08. The summed E-state index contributed by atoms with van der Waals surface area (Å²) in [6.45, 7) is 1.58. The van der Waals surface area contributed by atoms with E-state index in [9.17, 15) is 18.4 Å². The normalized spacial score (nSPS) is 12.0. The molecule has 0 aromatic heterocycles. The number of anilines is 1. The lowest BCUT2D eigenvalue weighted by molar-refractivity contribution is -0.132. The maximum atomic E-state index is 12.0. The molecule has 0 saturated carbocycles. The van der Waals surface area contributed by atoms with Gasteiger partial charge in [-0.3, -0.25) is 4.79 Å². The molecule has 0 saturated heterocycles. The van der Waals surface area contributed by atoms with Crippen molar-refractivity contribution in [2.45, 2.75) is 19.4 Å². The maximum absolute atomic E-state index is 12.0. The van der Waals surface area contributed by atoms with Crippen LogP contribution >= 0.6 is 0 Å². The molecule has 5 nitrogen and oxygen atoms in total. The van der Waals surface area contributed by atoms with Crippen molar-refractivity contribution in [3.8, 4) is 0 Å². The number of carbonyl (C=O) groups excluding carboxylic acids is 2. The van der Waals surface area contributed by atoms with Gasteiger partial charge in [0.1, 0.15) is 0 Å². The highest BCUT2D eigenvalue weighted by Crippen LogP contribution is 2.16. The van der Waals surface area contributed by atoms with Crippen molar-refractivity contribution >= 4 is 17.6 Å². The average molecular weight is 257 g/mol. The summed E-state index contributed by atoms with van der Waals surface area (Å²) in [5.74, 6) is -1.32. The number of urea groups is 1. The Bertz CT molecular complexity index is 434. The molecule has 3 amide bonds. The first-order valence-electron chi connectivity index (χ1n) is 5.15. The lowest BCUT2D eigenvalue weighted by Crippen LogP contribution is -2.31. The van der Waals surface area contributed by atoms with Gasteiger partial charge in [0.05, 0.1) is 6.04 Å². The first-order valence-corrected chi connectivity index (χ1v) is 5.15. The van der Waals surface area contributed by atoms with Gasteiger partial charge < -0.3 is 16.4 Å². The lowest BCUT2D eigenvalue weighted by Gasteiger charge is -2.14. The third kappa shape index (κ3) is 4.00. The van der Waals surface area contributed by atoms with Crippen molar-refractivity contribution < 1.29 is 18.4 Å². The van der Waals surface area contributed by atoms with Crippen LogP contribution in [0.4, 0.5) is 19.3 Å². The van der Waals surface area contributed by atoms with Gasteiger partial charge in [-0.2, -0.15) is 8.78 Å². The molecular formula is C11H13F2N3O2. The SMILES string of the molecule is CC(NC(=O)C(F)F)c1ccc(NC(N)=O)cc1. The van der Waals surface area contributed by atoms with Crippen LogP contribution in [0.3, 0.4) is 0 Å². The van der Waals surface area contributed by atoms with E-state index in [1.807, 2.05) is 0 Å². The van der Waals surface area contributed by atoms with Gasteiger partial charge in [-0.25, -0.2) is 4.79 Å². The number of hydrogen-bond donors (Lipinski definition) is 3. The van der Waals surface area contributed by atoms with Gasteiger partial charge in [-0.1, -0.05) is 12.1 Å². The standard InChI is InChI=1S/C11H13F2N3O2/c1-6(15-10(17)9(12)13)7-2-4-8(5-3-7)16-11(14)18/h2-6,9H,1H3,(H,15,17)(H3,14,16,18). The molecule has 0 aliphatic carbocycles. The number of nitrogens with two attached hydrogens (primary N) is 1. The van der Waals surface area contributed by atoms with Crippen LogP contribution in [-0.2, 0) is 4.79 Å². The van der Waals surface area contributed by atoms with E-state index in [-0.39, 0.29) is 0 Å². The molecule has 4 N–H and O–H groups in total. The van der Waals surface area contributed by atoms with Crippen molar-refractivity contribution in [1.29, 1.82) is 0 Å². The van der Waals surface area contributed by atoms with E-state index >= 15 is 0 Å². The quantitative estimate of drug-likeness (QED) is 0.765. The molecule has 0 bridgehead atoms. The number of alkyl halides is 2. The zero-order chi connectivity index (χ0) is 13.7. The van der Waals surface area contributed by atoms with E-state index in [0.717, 1.165) is 0 Å². The highest BCUT2D eigenvalue weighted by Gasteiger charge is 2.17. The predicted molar refractivity (Wildman–Crippen MR) is 62.2 cm³/mol. The molecule has 1 atom stereocenters. The molecule has 1 aromatic rings. The maximum Gasteiger partial charge on any atom is 0.316 e. The first kappa shape index (κ1) is 13.9. The zero-order valence-electron chi connectivity index (χ0n) is 9.61. The Hall–Kier alpha value is -2.18. The summed E-state index contributed by atoms with van der Waals surface area (Å²) in [5.41, 5.74) is 6.05. The molecule has 1 rings (SSSR count). The Balaban J connectivity index is 2.67. The van der Waals surface area contributed by atoms with Crippen molar-refractivity contribution in [1.82, 2.24) is 5.32 Å². The summed E-state index contributed by atoms with van der Waals surface area (Å²) in [6.07, 6.45) is -3.04. The first-order chi connectivity index (χ1) is 8.40. The van der Waals surface area contributed by atoms with E-state index in [2.05, 4.69) is 10.6 Å². The van der Waals surface area contributed by atoms with Crippen LogP contribution in [0.2, 0.25) is 0 Å². The van der Waals surface area contributed by atoms with E-state index in [0.29, 0.717) is 11.3 Å². The number of primary amides is 1. The number of rotatable bonds is 4. The van der Waals surface area contributed by atoms with Gasteiger partial charge >= 0.3 is 12.5 Å². The number of hydrogen-bond acceptors (Lipinski definition) is 2. The van der Waals surface area contributed by atoms with E-state index < -0.39 is 24.4 Å². The van der Waals surface area contributed by atoms with Gasteiger partial charge in [-0.05, 0) is 24.6 Å². The third-order valence-corrected chi connectivity index (χ3v) is 2.24. The molecular weight excluding hydrogens is 244 g/mol. The van der Waals surface area contributed by atoms with E-state index in [4.69, 9.17) is 5.73 Å². The summed E-state index contributed by atoms with van der Waals surface area (Å²) in [7, 11) is 0. The number of carbonyl (C=O) groups is 2. The van der Waals surface area contributed by atoms with Crippen LogP contribution in [0.25, 0.3) is 0 Å². The van der Waals surface area contributed by atoms with Gasteiger partial charge in [0, 0.05) is 5.69 Å². The van der Waals surface area contributed by atoms with Crippen molar-refractivity contribution in [2.24, 2.45) is 5.73 Å². The topological polar surface area (TPSA) is 84.2 Å². The highest BCUT2D eigenvalue weighted by molar-refractivity contribution is 5.87. The number of nitrogens with one attached hydrogen (secondary N) is 2. The molecule has 98 valence electrons. The Morgan fingerprint density at radius 2 is 1.78 bits per heavy atom. The summed E-state index contributed by atoms with van der Waals surface area (Å²) in [4.78, 5) is 21.4. The van der Waals surface area contributed by atoms with Crippen LogP contribution in [-0.4, -0.2) is 18.4 Å². The van der Waals surface area contributed by atoms with Gasteiger partial charge in [-0.15, -0.1) is 0 Å². The van der Waals surface area contributed by atoms with Crippen molar-refractivity contribution in [2.75, 3.05) is 5.32 Å². The van der Waals surface area contributed by atoms with Crippen LogP contribution in [0.15, 0.2) is 24.3 Å². The minimum absolute atomic E-state index is 0.485. The second kappa shape index (κ2) is 5.95. The average Bonchev–Trinajstić information content (AvgIpc) is 2.28. The van der Waals surface area contributed by atoms with Crippen LogP contribution < -0.4 is 16.4 Å². The second-order valence-electron chi connectivity index (χ2n) is 3.64. The van der Waals surface area contributed by atoms with Crippen LogP contribution in [0.1, 0.15) is 18.5 Å². The molecule has 1 unspecified atom stereocenters. The second-order valence-corrected chi connectivity index (χ2v) is 3.64. The molecule has 18 heavy (non-hydrogen) atoms. The summed E-state index contributed by atoms with van der Waals surface area (Å²) < 4.78 is 24.1. The third-order valence-electron chi connectivity index (χ3n) is 2.24. The number of benzene rings is 1. The van der Waals surface area contributed by atoms with Crippen LogP contribution in [0.5, 0.6) is 0 Å². The van der Waals surface area contributed by atoms with Crippen molar-refractivity contribution in [3.63, 3.8) is 0 Å². The molecule has 7 heteroatoms. The molecule has 0 radical (unpaired) electrons. The number of halogens is 2. The minimum Gasteiger partial charge on any atom is -0.351 e. The highest BCUT2D eigenvalue weighted by atomic mass is 19.3. The zero-order valence-corrected chi connectivity index (χ0v) is 9.61. The van der Waals surface area contributed by atoms with Gasteiger partial charge in [0.25, 0.3) is 5.91 Å². The smallest absolute Gasteiger partial charge is 0.316 e. The van der Waals surface area contributed by atoms with Gasteiger partial charge in [0.2, 0.25) is 0 Å². The molecule has 0 fully saturated rings. The minimum atomic E-state index is -3.04. The summed E-state index contributed by atoms with van der Waals surface area (Å²) in [5, 5.41) is 4.52. The van der Waals surface area contributed by atoms with Gasteiger partial charge in [0.15, 0.2) is 0 Å². The largest absolute Gasteiger partial charge is 0.351 e. The monoisotopic (exact) mass is 257 g/mol. The van der Waals surface area contributed by atoms with E-state index in [1.165, 1.54) is 0 Å². The molecule has 0 aliphatic rings. The number of amides is 3. The molecule has 0 heterocycles. The molecule has 1 aromatic carbocycles. The van der Waals surface area contributed by atoms with Crippen molar-refractivity contribution in [3.05, 3.63) is 29.8 Å². The molecule has 0 aliphatic heterocycles. The lowest BCUT2D eigenvalue weighted by atomic mass is 10.1. The predicted octanol–water partition coefficient (Wildman–Crippen LogP) is 1.62. The Labute approximate surface area is 102 Å².